The number of aromatic nitrogens is 2. The monoisotopic (exact) mass is 233 g/mol. The van der Waals surface area contributed by atoms with Crippen molar-refractivity contribution in [3.63, 3.8) is 0 Å². The van der Waals surface area contributed by atoms with E-state index in [-0.39, 0.29) is 5.69 Å². The second-order valence-corrected chi connectivity index (χ2v) is 3.56. The fourth-order valence-corrected chi connectivity index (χ4v) is 1.46. The summed E-state index contributed by atoms with van der Waals surface area (Å²) in [6.07, 6.45) is 2.94. The number of nitrogens with zero attached hydrogens (tertiary/aromatic N) is 2. The van der Waals surface area contributed by atoms with Gasteiger partial charge >= 0.3 is 0 Å². The van der Waals surface area contributed by atoms with Gasteiger partial charge in [-0.15, -0.1) is 0 Å². The highest BCUT2D eigenvalue weighted by atomic mass is 35.5. The number of halogens is 1. The van der Waals surface area contributed by atoms with Crippen molar-refractivity contribution in [1.29, 1.82) is 0 Å². The second kappa shape index (κ2) is 4.28. The Morgan fingerprint density at radius 3 is 2.38 bits per heavy atom. The van der Waals surface area contributed by atoms with Crippen molar-refractivity contribution in [2.24, 2.45) is 5.73 Å². The SMILES string of the molecule is NC(=O)c1nccnc1-c1ccc(Cl)cc1. The predicted octanol–water partition coefficient (Wildman–Crippen LogP) is 1.90. The molecule has 1 aromatic heterocycles. The average molecular weight is 234 g/mol. The van der Waals surface area contributed by atoms with Crippen molar-refractivity contribution in [1.82, 2.24) is 9.97 Å². The minimum atomic E-state index is -0.599. The molecular formula is C11H8ClN3O. The van der Waals surface area contributed by atoms with E-state index in [9.17, 15) is 4.79 Å². The Kier molecular flexibility index (Phi) is 2.83. The standard InChI is InChI=1S/C11H8ClN3O/c12-8-3-1-7(2-4-8)9-10(11(13)16)15-6-5-14-9/h1-6H,(H2,13,16). The molecule has 2 rings (SSSR count). The summed E-state index contributed by atoms with van der Waals surface area (Å²) in [5, 5.41) is 0.619. The van der Waals surface area contributed by atoms with Crippen molar-refractivity contribution < 1.29 is 4.79 Å². The molecule has 0 atom stereocenters. The molecule has 2 aromatic rings. The lowest BCUT2D eigenvalue weighted by molar-refractivity contribution is 0.0996. The first-order chi connectivity index (χ1) is 7.68. The van der Waals surface area contributed by atoms with Crippen LogP contribution in [0.1, 0.15) is 10.5 Å². The zero-order chi connectivity index (χ0) is 11.5. The van der Waals surface area contributed by atoms with Gasteiger partial charge in [0.05, 0.1) is 0 Å². The Morgan fingerprint density at radius 1 is 1.12 bits per heavy atom. The molecule has 16 heavy (non-hydrogen) atoms. The summed E-state index contributed by atoms with van der Waals surface area (Å²) in [6, 6.07) is 6.96. The largest absolute Gasteiger partial charge is 0.364 e. The van der Waals surface area contributed by atoms with Crippen molar-refractivity contribution >= 4 is 17.5 Å². The Labute approximate surface area is 97.1 Å². The van der Waals surface area contributed by atoms with Crippen LogP contribution in [0, 0.1) is 0 Å². The van der Waals surface area contributed by atoms with Gasteiger partial charge in [0.15, 0.2) is 5.69 Å². The molecule has 4 nitrogen and oxygen atoms in total. The molecule has 0 aliphatic carbocycles. The van der Waals surface area contributed by atoms with Crippen LogP contribution in [-0.4, -0.2) is 15.9 Å². The molecule has 1 amide bonds. The van der Waals surface area contributed by atoms with Crippen LogP contribution in [0.15, 0.2) is 36.7 Å². The molecule has 0 fully saturated rings. The Morgan fingerprint density at radius 2 is 1.75 bits per heavy atom. The highest BCUT2D eigenvalue weighted by molar-refractivity contribution is 6.30. The third kappa shape index (κ3) is 2.01. The maximum atomic E-state index is 11.2. The second-order valence-electron chi connectivity index (χ2n) is 3.12. The van der Waals surface area contributed by atoms with Crippen LogP contribution in [0.2, 0.25) is 5.02 Å². The average Bonchev–Trinajstić information content (AvgIpc) is 2.30. The Bertz CT molecular complexity index is 525. The number of carbonyl (C=O) groups is 1. The molecule has 1 heterocycles. The van der Waals surface area contributed by atoms with Crippen LogP contribution in [0.4, 0.5) is 0 Å². The smallest absolute Gasteiger partial charge is 0.269 e. The van der Waals surface area contributed by atoms with Crippen LogP contribution in [-0.2, 0) is 0 Å². The van der Waals surface area contributed by atoms with E-state index in [0.717, 1.165) is 5.56 Å². The van der Waals surface area contributed by atoms with E-state index in [1.165, 1.54) is 12.4 Å². The van der Waals surface area contributed by atoms with Crippen molar-refractivity contribution in [3.8, 4) is 11.3 Å². The highest BCUT2D eigenvalue weighted by Gasteiger charge is 2.11. The molecule has 1 aromatic carbocycles. The summed E-state index contributed by atoms with van der Waals surface area (Å²) >= 11 is 5.77. The topological polar surface area (TPSA) is 68.9 Å². The Balaban J connectivity index is 2.55. The zero-order valence-corrected chi connectivity index (χ0v) is 8.98. The van der Waals surface area contributed by atoms with Gasteiger partial charge in [0, 0.05) is 23.0 Å². The predicted molar refractivity (Wildman–Crippen MR) is 61.0 cm³/mol. The van der Waals surface area contributed by atoms with Crippen LogP contribution >= 0.6 is 11.6 Å². The summed E-state index contributed by atoms with van der Waals surface area (Å²) < 4.78 is 0. The molecule has 80 valence electrons. The van der Waals surface area contributed by atoms with E-state index in [1.807, 2.05) is 0 Å². The van der Waals surface area contributed by atoms with Crippen molar-refractivity contribution in [2.45, 2.75) is 0 Å². The minimum Gasteiger partial charge on any atom is -0.364 e. The van der Waals surface area contributed by atoms with Gasteiger partial charge in [0.1, 0.15) is 5.69 Å². The van der Waals surface area contributed by atoms with Gasteiger partial charge < -0.3 is 5.73 Å². The van der Waals surface area contributed by atoms with E-state index < -0.39 is 5.91 Å². The maximum absolute atomic E-state index is 11.2. The molecule has 0 aliphatic heterocycles. The number of rotatable bonds is 2. The lowest BCUT2D eigenvalue weighted by Gasteiger charge is -2.04. The molecule has 0 saturated heterocycles. The number of amides is 1. The molecule has 0 radical (unpaired) electrons. The minimum absolute atomic E-state index is 0.157. The first-order valence-corrected chi connectivity index (χ1v) is 4.93. The third-order valence-corrected chi connectivity index (χ3v) is 2.30. The molecule has 0 spiro atoms. The number of primary amides is 1. The van der Waals surface area contributed by atoms with E-state index in [0.29, 0.717) is 10.7 Å². The fourth-order valence-electron chi connectivity index (χ4n) is 1.34. The molecule has 0 bridgehead atoms. The lowest BCUT2D eigenvalue weighted by Crippen LogP contribution is -2.15. The number of nitrogens with two attached hydrogens (primary N) is 1. The number of hydrogen-bond donors (Lipinski definition) is 1. The summed E-state index contributed by atoms with van der Waals surface area (Å²) in [4.78, 5) is 19.2. The number of carbonyl (C=O) groups excluding carboxylic acids is 1. The molecule has 0 aliphatic rings. The Hall–Kier alpha value is -1.94. The van der Waals surface area contributed by atoms with Gasteiger partial charge in [-0.25, -0.2) is 4.98 Å². The molecule has 5 heteroatoms. The van der Waals surface area contributed by atoms with Gasteiger partial charge in [-0.2, -0.15) is 0 Å². The molecule has 0 unspecified atom stereocenters. The van der Waals surface area contributed by atoms with Crippen LogP contribution in [0.3, 0.4) is 0 Å². The first kappa shape index (κ1) is 10.6. The summed E-state index contributed by atoms with van der Waals surface area (Å²) in [5.41, 5.74) is 6.59. The van der Waals surface area contributed by atoms with Crippen molar-refractivity contribution in [2.75, 3.05) is 0 Å². The van der Waals surface area contributed by atoms with Gasteiger partial charge in [-0.3, -0.25) is 9.78 Å². The third-order valence-electron chi connectivity index (χ3n) is 2.05. The van der Waals surface area contributed by atoms with E-state index in [1.54, 1.807) is 24.3 Å². The van der Waals surface area contributed by atoms with Crippen LogP contribution in [0.5, 0.6) is 0 Å². The zero-order valence-electron chi connectivity index (χ0n) is 8.22. The lowest BCUT2D eigenvalue weighted by atomic mass is 10.1. The van der Waals surface area contributed by atoms with Gasteiger partial charge in [-0.1, -0.05) is 23.7 Å². The molecule has 2 N–H and O–H groups in total. The molecular weight excluding hydrogens is 226 g/mol. The summed E-state index contributed by atoms with van der Waals surface area (Å²) in [5.74, 6) is -0.599. The molecule has 0 saturated carbocycles. The van der Waals surface area contributed by atoms with Crippen LogP contribution in [0.25, 0.3) is 11.3 Å². The van der Waals surface area contributed by atoms with Crippen molar-refractivity contribution in [3.05, 3.63) is 47.4 Å². The van der Waals surface area contributed by atoms with Gasteiger partial charge in [0.2, 0.25) is 0 Å². The number of benzene rings is 1. The maximum Gasteiger partial charge on any atom is 0.269 e. The summed E-state index contributed by atoms with van der Waals surface area (Å²) in [6.45, 7) is 0. The van der Waals surface area contributed by atoms with E-state index >= 15 is 0 Å². The quantitative estimate of drug-likeness (QED) is 0.861. The normalized spacial score (nSPS) is 10.1. The van der Waals surface area contributed by atoms with E-state index in [4.69, 9.17) is 17.3 Å². The highest BCUT2D eigenvalue weighted by Crippen LogP contribution is 2.21. The summed E-state index contributed by atoms with van der Waals surface area (Å²) in [7, 11) is 0. The fraction of sp³-hybridized carbons (Fsp3) is 0. The van der Waals surface area contributed by atoms with Crippen LogP contribution < -0.4 is 5.73 Å². The van der Waals surface area contributed by atoms with Gasteiger partial charge in [-0.05, 0) is 12.1 Å². The number of hydrogen-bond acceptors (Lipinski definition) is 3. The van der Waals surface area contributed by atoms with Gasteiger partial charge in [0.25, 0.3) is 5.91 Å². The van der Waals surface area contributed by atoms with E-state index in [2.05, 4.69) is 9.97 Å². The first-order valence-electron chi connectivity index (χ1n) is 4.55.